The molecule has 2 amide bonds. The fourth-order valence-corrected chi connectivity index (χ4v) is 5.05. The van der Waals surface area contributed by atoms with Crippen LogP contribution in [0.4, 0.5) is 5.13 Å². The number of hydrogen-bond donors (Lipinski definition) is 1. The third-order valence-corrected chi connectivity index (χ3v) is 7.02. The predicted molar refractivity (Wildman–Crippen MR) is 133 cm³/mol. The van der Waals surface area contributed by atoms with Gasteiger partial charge in [-0.25, -0.2) is 4.98 Å². The molecule has 0 spiro atoms. The number of thiazole rings is 1. The van der Waals surface area contributed by atoms with Crippen LogP contribution in [0.2, 0.25) is 0 Å². The third kappa shape index (κ3) is 5.31. The zero-order chi connectivity index (χ0) is 24.2. The van der Waals surface area contributed by atoms with E-state index in [1.807, 2.05) is 5.38 Å². The van der Waals surface area contributed by atoms with E-state index in [0.29, 0.717) is 48.5 Å². The lowest BCUT2D eigenvalue weighted by Crippen LogP contribution is -2.43. The molecule has 1 aromatic heterocycles. The van der Waals surface area contributed by atoms with Crippen molar-refractivity contribution in [1.82, 2.24) is 9.88 Å². The summed E-state index contributed by atoms with van der Waals surface area (Å²) in [5, 5.41) is 5.35. The first-order chi connectivity index (χ1) is 17.1. The van der Waals surface area contributed by atoms with Crippen LogP contribution in [0.15, 0.2) is 41.8 Å². The number of hydrogen-bond acceptors (Lipinski definition) is 7. The van der Waals surface area contributed by atoms with Crippen molar-refractivity contribution in [2.75, 3.05) is 45.3 Å². The first kappa shape index (κ1) is 23.3. The van der Waals surface area contributed by atoms with Crippen molar-refractivity contribution in [3.05, 3.63) is 58.5 Å². The number of carbonyl (C=O) groups excluding carboxylic acids is 2. The average Bonchev–Trinajstić information content (AvgIpc) is 3.56. The normalized spacial score (nSPS) is 14.9. The summed E-state index contributed by atoms with van der Waals surface area (Å²) in [6.07, 6.45) is 3.46. The molecule has 1 fully saturated rings. The molecule has 9 heteroatoms. The lowest BCUT2D eigenvalue weighted by molar-refractivity contribution is -0.137. The molecule has 0 atom stereocenters. The Morgan fingerprint density at radius 2 is 1.91 bits per heavy atom. The van der Waals surface area contributed by atoms with E-state index in [2.05, 4.69) is 28.5 Å². The Morgan fingerprint density at radius 1 is 1.09 bits per heavy atom. The van der Waals surface area contributed by atoms with Crippen LogP contribution in [-0.2, 0) is 22.4 Å². The van der Waals surface area contributed by atoms with E-state index in [4.69, 9.17) is 14.2 Å². The third-order valence-electron chi connectivity index (χ3n) is 6.26. The molecule has 0 radical (unpaired) electrons. The fraction of sp³-hybridized carbons (Fsp3) is 0.346. The lowest BCUT2D eigenvalue weighted by atomic mass is 10.1. The molecule has 0 saturated carbocycles. The number of aryl methyl sites for hydroxylation is 2. The minimum Gasteiger partial charge on any atom is -0.493 e. The van der Waals surface area contributed by atoms with Gasteiger partial charge in [0.2, 0.25) is 0 Å². The van der Waals surface area contributed by atoms with Crippen LogP contribution in [0.1, 0.15) is 27.9 Å². The van der Waals surface area contributed by atoms with E-state index in [0.717, 1.165) is 24.1 Å². The summed E-state index contributed by atoms with van der Waals surface area (Å²) in [4.78, 5) is 31.5. The van der Waals surface area contributed by atoms with Crippen molar-refractivity contribution in [1.29, 1.82) is 0 Å². The number of nitrogens with zero attached hydrogens (tertiary/aromatic N) is 2. The number of fused-ring (bicyclic) bond motifs is 1. The van der Waals surface area contributed by atoms with Gasteiger partial charge in [-0.05, 0) is 54.7 Å². The first-order valence-corrected chi connectivity index (χ1v) is 12.5. The van der Waals surface area contributed by atoms with Crippen molar-refractivity contribution in [2.24, 2.45) is 0 Å². The maximum absolute atomic E-state index is 12.9. The Bertz CT molecular complexity index is 1240. The number of ether oxygens (including phenoxy) is 3. The van der Waals surface area contributed by atoms with Crippen LogP contribution < -0.4 is 14.8 Å². The van der Waals surface area contributed by atoms with Gasteiger partial charge < -0.3 is 19.1 Å². The molecule has 2 aliphatic rings. The number of rotatable bonds is 7. The highest BCUT2D eigenvalue weighted by Gasteiger charge is 2.19. The summed E-state index contributed by atoms with van der Waals surface area (Å²) in [5.74, 6) is 0.374. The van der Waals surface area contributed by atoms with Gasteiger partial charge in [-0.2, -0.15) is 0 Å². The maximum atomic E-state index is 12.9. The van der Waals surface area contributed by atoms with Crippen LogP contribution in [0, 0.1) is 0 Å². The zero-order valence-electron chi connectivity index (χ0n) is 19.5. The summed E-state index contributed by atoms with van der Waals surface area (Å²) in [5.41, 5.74) is 5.14. The molecule has 3 aromatic rings. The van der Waals surface area contributed by atoms with E-state index in [-0.39, 0.29) is 18.4 Å². The van der Waals surface area contributed by atoms with Gasteiger partial charge in [0, 0.05) is 29.6 Å². The lowest BCUT2D eigenvalue weighted by Gasteiger charge is -2.26. The highest BCUT2D eigenvalue weighted by Crippen LogP contribution is 2.31. The van der Waals surface area contributed by atoms with Gasteiger partial charge in [-0.1, -0.05) is 12.1 Å². The van der Waals surface area contributed by atoms with Crippen LogP contribution in [0.25, 0.3) is 11.3 Å². The van der Waals surface area contributed by atoms with E-state index in [1.54, 1.807) is 23.1 Å². The van der Waals surface area contributed by atoms with Crippen LogP contribution in [0.5, 0.6) is 11.5 Å². The van der Waals surface area contributed by atoms with Gasteiger partial charge in [-0.3, -0.25) is 14.9 Å². The summed E-state index contributed by atoms with van der Waals surface area (Å²) in [6.45, 7) is 2.08. The first-order valence-electron chi connectivity index (χ1n) is 11.7. The number of amides is 2. The molecule has 35 heavy (non-hydrogen) atoms. The highest BCUT2D eigenvalue weighted by atomic mass is 32.1. The van der Waals surface area contributed by atoms with Gasteiger partial charge in [0.15, 0.2) is 23.2 Å². The largest absolute Gasteiger partial charge is 0.493 e. The molecule has 1 N–H and O–H groups in total. The standard InChI is InChI=1S/C26H27N3O5S/c1-32-23-14-20(7-8-22(23)34-15-24(30)29-9-11-33-12-10-29)25(31)28-26-27-21(16-35-26)19-6-5-17-3-2-4-18(17)13-19/h5-8,13-14,16H,2-4,9-12,15H2,1H3,(H,27,28,31). The quantitative estimate of drug-likeness (QED) is 0.539. The molecule has 1 aliphatic heterocycles. The number of morpholine rings is 1. The fourth-order valence-electron chi connectivity index (χ4n) is 4.34. The van der Waals surface area contributed by atoms with Crippen LogP contribution >= 0.6 is 11.3 Å². The smallest absolute Gasteiger partial charge is 0.260 e. The molecule has 0 bridgehead atoms. The van der Waals surface area contributed by atoms with Crippen molar-refractivity contribution in [2.45, 2.75) is 19.3 Å². The highest BCUT2D eigenvalue weighted by molar-refractivity contribution is 7.14. The summed E-state index contributed by atoms with van der Waals surface area (Å²) in [6, 6.07) is 11.4. The monoisotopic (exact) mass is 493 g/mol. The summed E-state index contributed by atoms with van der Waals surface area (Å²) >= 11 is 1.39. The van der Waals surface area contributed by atoms with E-state index in [1.165, 1.54) is 36.0 Å². The van der Waals surface area contributed by atoms with Crippen molar-refractivity contribution in [3.8, 4) is 22.8 Å². The zero-order valence-corrected chi connectivity index (χ0v) is 20.4. The minimum absolute atomic E-state index is 0.105. The Labute approximate surface area is 207 Å². The van der Waals surface area contributed by atoms with Gasteiger partial charge in [0.1, 0.15) is 0 Å². The maximum Gasteiger partial charge on any atom is 0.260 e. The molecule has 2 heterocycles. The topological polar surface area (TPSA) is 90.0 Å². The average molecular weight is 494 g/mol. The molecule has 182 valence electrons. The number of benzene rings is 2. The second-order valence-corrected chi connectivity index (χ2v) is 9.33. The molecular weight excluding hydrogens is 466 g/mol. The van der Waals surface area contributed by atoms with Crippen molar-refractivity contribution < 1.29 is 23.8 Å². The second kappa shape index (κ2) is 10.5. The van der Waals surface area contributed by atoms with Gasteiger partial charge in [0.05, 0.1) is 26.0 Å². The molecule has 1 saturated heterocycles. The van der Waals surface area contributed by atoms with E-state index >= 15 is 0 Å². The van der Waals surface area contributed by atoms with Crippen LogP contribution in [0.3, 0.4) is 0 Å². The van der Waals surface area contributed by atoms with Crippen molar-refractivity contribution in [3.63, 3.8) is 0 Å². The Kier molecular flexibility index (Phi) is 6.96. The summed E-state index contributed by atoms with van der Waals surface area (Å²) < 4.78 is 16.4. The van der Waals surface area contributed by atoms with Gasteiger partial charge in [0.25, 0.3) is 11.8 Å². The number of aromatic nitrogens is 1. The molecule has 0 unspecified atom stereocenters. The number of methoxy groups -OCH3 is 1. The Hall–Kier alpha value is -3.43. The Morgan fingerprint density at radius 3 is 2.74 bits per heavy atom. The summed E-state index contributed by atoms with van der Waals surface area (Å²) in [7, 11) is 1.50. The molecule has 2 aromatic carbocycles. The van der Waals surface area contributed by atoms with E-state index < -0.39 is 0 Å². The minimum atomic E-state index is -0.297. The van der Waals surface area contributed by atoms with E-state index in [9.17, 15) is 9.59 Å². The molecule has 8 nitrogen and oxygen atoms in total. The second-order valence-electron chi connectivity index (χ2n) is 8.48. The number of nitrogens with one attached hydrogen (secondary N) is 1. The SMILES string of the molecule is COc1cc(C(=O)Nc2nc(-c3ccc4c(c3)CCC4)cs2)ccc1OCC(=O)N1CCOCC1. The molecule has 5 rings (SSSR count). The predicted octanol–water partition coefficient (Wildman–Crippen LogP) is 3.80. The van der Waals surface area contributed by atoms with Crippen LogP contribution in [-0.4, -0.2) is 61.7 Å². The molecule has 1 aliphatic carbocycles. The Balaban J connectivity index is 1.22. The van der Waals surface area contributed by atoms with Gasteiger partial charge >= 0.3 is 0 Å². The van der Waals surface area contributed by atoms with Crippen molar-refractivity contribution >= 4 is 28.3 Å². The van der Waals surface area contributed by atoms with Gasteiger partial charge in [-0.15, -0.1) is 11.3 Å². The molecular formula is C26H27N3O5S. The number of anilines is 1. The number of carbonyl (C=O) groups is 2.